The number of carbonyl (C=O) groups is 3. The zero-order valence-corrected chi connectivity index (χ0v) is 21.1. The number of esters is 1. The summed E-state index contributed by atoms with van der Waals surface area (Å²) in [6.07, 6.45) is 0.0622. The van der Waals surface area contributed by atoms with Crippen LogP contribution in [0.4, 0.5) is 5.69 Å². The maximum Gasteiger partial charge on any atom is 0.338 e. The molecule has 0 saturated carbocycles. The van der Waals surface area contributed by atoms with Gasteiger partial charge in [0.05, 0.1) is 35.3 Å². The van der Waals surface area contributed by atoms with E-state index in [1.165, 1.54) is 30.8 Å². The Labute approximate surface area is 212 Å². The number of hydrogen-bond donors (Lipinski definition) is 0. The molecule has 3 heterocycles. The molecule has 0 aromatic heterocycles. The molecule has 3 aliphatic rings. The summed E-state index contributed by atoms with van der Waals surface area (Å²) in [7, 11) is 0. The third kappa shape index (κ3) is 4.99. The van der Waals surface area contributed by atoms with Crippen molar-refractivity contribution in [3.8, 4) is 0 Å². The van der Waals surface area contributed by atoms with Gasteiger partial charge >= 0.3 is 5.97 Å². The van der Waals surface area contributed by atoms with Crippen molar-refractivity contribution in [1.82, 2.24) is 14.7 Å². The molecule has 1 fully saturated rings. The number of ether oxygens (including phenoxy) is 1. The van der Waals surface area contributed by atoms with Gasteiger partial charge in [-0.2, -0.15) is 0 Å². The number of nitrogens with zero attached hydrogens (tertiary/aromatic N) is 5. The second-order valence-electron chi connectivity index (χ2n) is 8.53. The molecule has 1 atom stereocenters. The van der Waals surface area contributed by atoms with E-state index in [2.05, 4.69) is 4.99 Å². The second-order valence-corrected chi connectivity index (χ2v) is 9.37. The van der Waals surface area contributed by atoms with Crippen LogP contribution in [0.25, 0.3) is 0 Å². The molecule has 3 aliphatic heterocycles. The molecular weight excluding hydrogens is 486 g/mol. The van der Waals surface area contributed by atoms with Crippen LogP contribution in [0.1, 0.15) is 38.8 Å². The van der Waals surface area contributed by atoms with E-state index in [0.29, 0.717) is 48.3 Å². The molecule has 12 heteroatoms. The van der Waals surface area contributed by atoms with E-state index in [-0.39, 0.29) is 36.1 Å². The van der Waals surface area contributed by atoms with E-state index in [1.807, 2.05) is 5.41 Å². The number of benzene rings is 1. The third-order valence-corrected chi connectivity index (χ3v) is 7.19. The first-order valence-corrected chi connectivity index (χ1v) is 12.5. The fourth-order valence-corrected chi connectivity index (χ4v) is 5.47. The van der Waals surface area contributed by atoms with E-state index in [0.717, 1.165) is 0 Å². The zero-order valence-electron chi connectivity index (χ0n) is 20.3. The normalized spacial score (nSPS) is 19.5. The molecule has 11 nitrogen and oxygen atoms in total. The number of hydrogen-bond acceptors (Lipinski definition) is 9. The lowest BCUT2D eigenvalue weighted by molar-refractivity contribution is -0.384. The largest absolute Gasteiger partial charge is 0.463 e. The smallest absolute Gasteiger partial charge is 0.338 e. The van der Waals surface area contributed by atoms with Crippen LogP contribution >= 0.6 is 11.8 Å². The third-order valence-electron chi connectivity index (χ3n) is 6.30. The van der Waals surface area contributed by atoms with Gasteiger partial charge in [-0.3, -0.25) is 19.7 Å². The number of nitro groups is 1. The molecular formula is C24H27N5O6S. The summed E-state index contributed by atoms with van der Waals surface area (Å²) in [4.78, 5) is 58.6. The number of thioether (sulfide) groups is 1. The van der Waals surface area contributed by atoms with Crippen molar-refractivity contribution in [3.63, 3.8) is 0 Å². The maximum atomic E-state index is 13.2. The lowest BCUT2D eigenvalue weighted by Crippen LogP contribution is -2.50. The van der Waals surface area contributed by atoms with Crippen molar-refractivity contribution in [1.29, 1.82) is 0 Å². The maximum absolute atomic E-state index is 13.2. The molecule has 1 aromatic carbocycles. The van der Waals surface area contributed by atoms with Crippen LogP contribution in [-0.2, 0) is 19.1 Å². The predicted molar refractivity (Wildman–Crippen MR) is 134 cm³/mol. The summed E-state index contributed by atoms with van der Waals surface area (Å²) in [5, 5.41) is 13.9. The topological polar surface area (TPSA) is 126 Å². The fraction of sp³-hybridized carbons (Fsp3) is 0.417. The molecule has 0 bridgehead atoms. The van der Waals surface area contributed by atoms with E-state index in [4.69, 9.17) is 4.74 Å². The number of carbonyl (C=O) groups excluding carboxylic acids is 3. The first-order chi connectivity index (χ1) is 17.2. The molecule has 1 saturated heterocycles. The van der Waals surface area contributed by atoms with Gasteiger partial charge in [0, 0.05) is 50.9 Å². The summed E-state index contributed by atoms with van der Waals surface area (Å²) >= 11 is 1.34. The Hall–Kier alpha value is -3.67. The summed E-state index contributed by atoms with van der Waals surface area (Å²) in [5.41, 5.74) is 1.80. The van der Waals surface area contributed by atoms with Crippen LogP contribution in [0.3, 0.4) is 0 Å². The Kier molecular flexibility index (Phi) is 7.43. The Morgan fingerprint density at radius 1 is 1.19 bits per heavy atom. The van der Waals surface area contributed by atoms with Gasteiger partial charge in [0.2, 0.25) is 11.8 Å². The monoisotopic (exact) mass is 513 g/mol. The van der Waals surface area contributed by atoms with Crippen molar-refractivity contribution < 1.29 is 24.0 Å². The number of piperazine rings is 1. The molecule has 190 valence electrons. The fourth-order valence-electron chi connectivity index (χ4n) is 4.50. The number of fused-ring (bicyclic) bond motifs is 1. The highest BCUT2D eigenvalue weighted by Gasteiger charge is 2.42. The number of amides is 2. The van der Waals surface area contributed by atoms with Gasteiger partial charge in [0.15, 0.2) is 5.17 Å². The predicted octanol–water partition coefficient (Wildman–Crippen LogP) is 2.81. The van der Waals surface area contributed by atoms with Crippen LogP contribution in [0.15, 0.2) is 51.6 Å². The van der Waals surface area contributed by atoms with E-state index >= 15 is 0 Å². The number of allylic oxidation sites excluding steroid dienone is 1. The van der Waals surface area contributed by atoms with E-state index in [9.17, 15) is 24.5 Å². The van der Waals surface area contributed by atoms with Gasteiger partial charge in [-0.05, 0) is 24.8 Å². The minimum atomic E-state index is -0.736. The van der Waals surface area contributed by atoms with Crippen molar-refractivity contribution in [2.45, 2.75) is 33.2 Å². The van der Waals surface area contributed by atoms with Gasteiger partial charge in [-0.1, -0.05) is 23.9 Å². The Morgan fingerprint density at radius 2 is 1.89 bits per heavy atom. The minimum Gasteiger partial charge on any atom is -0.463 e. The molecule has 36 heavy (non-hydrogen) atoms. The van der Waals surface area contributed by atoms with Crippen molar-refractivity contribution in [2.24, 2.45) is 4.99 Å². The standard InChI is InChI=1S/C24H27N5O6S/c1-4-35-23(32)21-15(2)25-24-28(22(21)17-6-5-7-18(12-17)29(33)34)19(14-36-24)13-20(31)27-10-8-26(9-11-27)16(3)30/h5-7,12,14,22H,4,8-11,13H2,1-3H3/t22-/m0/s1. The zero-order chi connectivity index (χ0) is 26.0. The Bertz CT molecular complexity index is 1200. The number of non-ortho nitro benzene ring substituents is 1. The van der Waals surface area contributed by atoms with Gasteiger partial charge in [-0.25, -0.2) is 9.79 Å². The molecule has 0 N–H and O–H groups in total. The summed E-state index contributed by atoms with van der Waals surface area (Å²) < 4.78 is 5.31. The van der Waals surface area contributed by atoms with Gasteiger partial charge < -0.3 is 19.4 Å². The van der Waals surface area contributed by atoms with Crippen LogP contribution < -0.4 is 0 Å². The molecule has 0 aliphatic carbocycles. The summed E-state index contributed by atoms with van der Waals surface area (Å²) in [6, 6.07) is 5.38. The van der Waals surface area contributed by atoms with Crippen molar-refractivity contribution >= 4 is 40.4 Å². The highest BCUT2D eigenvalue weighted by Crippen LogP contribution is 2.45. The second kappa shape index (κ2) is 10.5. The number of aliphatic imine (C=N–C) groups is 1. The summed E-state index contributed by atoms with van der Waals surface area (Å²) in [5.74, 6) is -0.676. The average Bonchev–Trinajstić information content (AvgIpc) is 3.25. The Morgan fingerprint density at radius 3 is 2.53 bits per heavy atom. The molecule has 0 unspecified atom stereocenters. The molecule has 0 spiro atoms. The van der Waals surface area contributed by atoms with Gasteiger partial charge in [0.1, 0.15) is 0 Å². The van der Waals surface area contributed by atoms with Crippen molar-refractivity contribution in [2.75, 3.05) is 32.8 Å². The minimum absolute atomic E-state index is 0.0142. The van der Waals surface area contributed by atoms with Crippen LogP contribution in [0, 0.1) is 10.1 Å². The number of amidine groups is 1. The first kappa shape index (κ1) is 25.4. The lowest BCUT2D eigenvalue weighted by atomic mass is 9.93. The number of rotatable bonds is 6. The van der Waals surface area contributed by atoms with E-state index < -0.39 is 16.9 Å². The quantitative estimate of drug-likeness (QED) is 0.323. The average molecular weight is 514 g/mol. The van der Waals surface area contributed by atoms with Crippen molar-refractivity contribution in [3.05, 3.63) is 62.3 Å². The lowest BCUT2D eigenvalue weighted by Gasteiger charge is -2.37. The number of nitro benzene ring substituents is 1. The van der Waals surface area contributed by atoms with Gasteiger partial charge in [0.25, 0.3) is 5.69 Å². The molecule has 2 amide bonds. The molecule has 1 aromatic rings. The molecule has 4 rings (SSSR count). The van der Waals surface area contributed by atoms with Gasteiger partial charge in [-0.15, -0.1) is 0 Å². The Balaban J connectivity index is 1.65. The van der Waals surface area contributed by atoms with E-state index in [1.54, 1.807) is 40.7 Å². The summed E-state index contributed by atoms with van der Waals surface area (Å²) in [6.45, 7) is 6.94. The first-order valence-electron chi connectivity index (χ1n) is 11.6. The highest BCUT2D eigenvalue weighted by atomic mass is 32.2. The van der Waals surface area contributed by atoms with Crippen LogP contribution in [0.5, 0.6) is 0 Å². The highest BCUT2D eigenvalue weighted by molar-refractivity contribution is 8.16. The van der Waals surface area contributed by atoms with Crippen LogP contribution in [0.2, 0.25) is 0 Å². The molecule has 0 radical (unpaired) electrons. The van der Waals surface area contributed by atoms with Crippen LogP contribution in [-0.4, -0.2) is 75.4 Å². The SMILES string of the molecule is CCOC(=O)C1=C(C)N=C2SC=C(CC(=O)N3CCN(C(C)=O)CC3)N2[C@H]1c1cccc([N+](=O)[O-])c1.